The number of ether oxygens (including phenoxy) is 1. The zero-order valence-electron chi connectivity index (χ0n) is 19.2. The number of hydrogen-bond acceptors (Lipinski definition) is 6. The maximum Gasteiger partial charge on any atom is 0.338 e. The van der Waals surface area contributed by atoms with Gasteiger partial charge in [0.1, 0.15) is 0 Å². The average Bonchev–Trinajstić information content (AvgIpc) is 3.28. The van der Waals surface area contributed by atoms with Gasteiger partial charge < -0.3 is 10.1 Å². The number of carbonyl (C=O) groups excluding carboxylic acids is 2. The molecule has 4 rings (SSSR count). The number of benzene rings is 3. The summed E-state index contributed by atoms with van der Waals surface area (Å²) >= 11 is 7.34. The second-order valence-electron chi connectivity index (χ2n) is 7.62. The SMILES string of the molecule is CCOC(=O)c1ccc(NC(=O)CSc2nnc(-c3ccc(Cl)cc3)n2-c2ccc(C)cc2)cc1. The van der Waals surface area contributed by atoms with Crippen LogP contribution >= 0.6 is 23.4 Å². The van der Waals surface area contributed by atoms with Crippen molar-refractivity contribution in [3.63, 3.8) is 0 Å². The highest BCUT2D eigenvalue weighted by molar-refractivity contribution is 7.99. The van der Waals surface area contributed by atoms with E-state index < -0.39 is 5.97 Å². The highest BCUT2D eigenvalue weighted by Gasteiger charge is 2.17. The lowest BCUT2D eigenvalue weighted by Crippen LogP contribution is -2.15. The van der Waals surface area contributed by atoms with Gasteiger partial charge in [-0.05, 0) is 74.5 Å². The molecule has 4 aromatic rings. The smallest absolute Gasteiger partial charge is 0.338 e. The van der Waals surface area contributed by atoms with Crippen molar-refractivity contribution in [1.29, 1.82) is 0 Å². The number of aryl methyl sites for hydroxylation is 1. The van der Waals surface area contributed by atoms with E-state index in [4.69, 9.17) is 16.3 Å². The van der Waals surface area contributed by atoms with Gasteiger partial charge in [0.2, 0.25) is 5.91 Å². The number of thioether (sulfide) groups is 1. The minimum Gasteiger partial charge on any atom is -0.462 e. The van der Waals surface area contributed by atoms with Crippen molar-refractivity contribution < 1.29 is 14.3 Å². The van der Waals surface area contributed by atoms with E-state index >= 15 is 0 Å². The molecular formula is C26H23ClN4O3S. The molecule has 1 N–H and O–H groups in total. The van der Waals surface area contributed by atoms with E-state index in [0.29, 0.717) is 33.9 Å². The number of esters is 1. The molecule has 0 radical (unpaired) electrons. The van der Waals surface area contributed by atoms with Crippen LogP contribution in [-0.2, 0) is 9.53 Å². The first-order valence-corrected chi connectivity index (χ1v) is 12.3. The average molecular weight is 507 g/mol. The molecule has 0 aliphatic heterocycles. The predicted octanol–water partition coefficient (Wildman–Crippen LogP) is 5.80. The Bertz CT molecular complexity index is 1320. The van der Waals surface area contributed by atoms with Gasteiger partial charge in [-0.2, -0.15) is 0 Å². The molecule has 9 heteroatoms. The molecule has 0 atom stereocenters. The Kier molecular flexibility index (Phi) is 7.84. The van der Waals surface area contributed by atoms with Gasteiger partial charge in [-0.25, -0.2) is 4.79 Å². The first kappa shape index (κ1) is 24.5. The zero-order valence-corrected chi connectivity index (χ0v) is 20.8. The number of hydrogen-bond donors (Lipinski definition) is 1. The van der Waals surface area contributed by atoms with E-state index in [1.54, 1.807) is 43.3 Å². The van der Waals surface area contributed by atoms with E-state index in [1.165, 1.54) is 11.8 Å². The van der Waals surface area contributed by atoms with Gasteiger partial charge >= 0.3 is 5.97 Å². The summed E-state index contributed by atoms with van der Waals surface area (Å²) in [7, 11) is 0. The number of nitrogens with one attached hydrogen (secondary N) is 1. The summed E-state index contributed by atoms with van der Waals surface area (Å²) in [5.74, 6) is 0.186. The fourth-order valence-electron chi connectivity index (χ4n) is 3.31. The summed E-state index contributed by atoms with van der Waals surface area (Å²) in [6, 6.07) is 22.0. The number of aromatic nitrogens is 3. The predicted molar refractivity (Wildman–Crippen MR) is 138 cm³/mol. The normalized spacial score (nSPS) is 10.7. The Labute approximate surface area is 212 Å². The molecule has 1 aromatic heterocycles. The van der Waals surface area contributed by atoms with Gasteiger partial charge in [-0.3, -0.25) is 9.36 Å². The first-order valence-electron chi connectivity index (χ1n) is 10.9. The van der Waals surface area contributed by atoms with Crippen molar-refractivity contribution >= 4 is 40.9 Å². The number of amides is 1. The third kappa shape index (κ3) is 6.09. The van der Waals surface area contributed by atoms with E-state index in [2.05, 4.69) is 15.5 Å². The first-order chi connectivity index (χ1) is 16.9. The number of rotatable bonds is 8. The van der Waals surface area contributed by atoms with Crippen LogP contribution in [0, 0.1) is 6.92 Å². The number of anilines is 1. The highest BCUT2D eigenvalue weighted by atomic mass is 35.5. The molecule has 0 saturated heterocycles. The molecule has 0 unspecified atom stereocenters. The monoisotopic (exact) mass is 506 g/mol. The molecule has 1 amide bonds. The summed E-state index contributed by atoms with van der Waals surface area (Å²) in [4.78, 5) is 24.4. The van der Waals surface area contributed by atoms with Gasteiger partial charge in [0.15, 0.2) is 11.0 Å². The van der Waals surface area contributed by atoms with Crippen LogP contribution in [0.3, 0.4) is 0 Å². The summed E-state index contributed by atoms with van der Waals surface area (Å²) in [6.07, 6.45) is 0. The van der Waals surface area contributed by atoms with Gasteiger partial charge in [0, 0.05) is 22.0 Å². The fourth-order valence-corrected chi connectivity index (χ4v) is 4.19. The molecule has 0 bridgehead atoms. The van der Waals surface area contributed by atoms with Crippen LogP contribution in [0.5, 0.6) is 0 Å². The van der Waals surface area contributed by atoms with Crippen LogP contribution in [0.25, 0.3) is 17.1 Å². The van der Waals surface area contributed by atoms with Gasteiger partial charge in [-0.1, -0.05) is 41.1 Å². The fraction of sp³-hybridized carbons (Fsp3) is 0.154. The quantitative estimate of drug-likeness (QED) is 0.240. The van der Waals surface area contributed by atoms with Crippen LogP contribution in [0.2, 0.25) is 5.02 Å². The standard InChI is InChI=1S/C26H23ClN4O3S/c1-3-34-25(33)19-8-12-21(13-9-19)28-23(32)16-35-26-30-29-24(18-6-10-20(27)11-7-18)31(26)22-14-4-17(2)5-15-22/h4-15H,3,16H2,1-2H3,(H,28,32). The van der Waals surface area contributed by atoms with Crippen molar-refractivity contribution in [3.05, 3.63) is 88.9 Å². The lowest BCUT2D eigenvalue weighted by Gasteiger charge is -2.11. The van der Waals surface area contributed by atoms with Crippen molar-refractivity contribution in [2.24, 2.45) is 0 Å². The van der Waals surface area contributed by atoms with Gasteiger partial charge in [0.25, 0.3) is 0 Å². The lowest BCUT2D eigenvalue weighted by molar-refractivity contribution is -0.113. The van der Waals surface area contributed by atoms with E-state index in [-0.39, 0.29) is 11.7 Å². The second-order valence-corrected chi connectivity index (χ2v) is 9.00. The zero-order chi connectivity index (χ0) is 24.8. The van der Waals surface area contributed by atoms with E-state index in [0.717, 1.165) is 16.8 Å². The maximum absolute atomic E-state index is 12.6. The van der Waals surface area contributed by atoms with Gasteiger partial charge in [0.05, 0.1) is 17.9 Å². The molecular weight excluding hydrogens is 484 g/mol. The molecule has 178 valence electrons. The Morgan fingerprint density at radius 1 is 0.971 bits per heavy atom. The Morgan fingerprint density at radius 2 is 1.66 bits per heavy atom. The van der Waals surface area contributed by atoms with Crippen LogP contribution in [0.4, 0.5) is 5.69 Å². The van der Waals surface area contributed by atoms with Crippen LogP contribution in [0.15, 0.2) is 78.0 Å². The number of halogens is 1. The van der Waals surface area contributed by atoms with Crippen LogP contribution < -0.4 is 5.32 Å². The minimum absolute atomic E-state index is 0.129. The Balaban J connectivity index is 1.51. The van der Waals surface area contributed by atoms with Crippen molar-refractivity contribution in [2.45, 2.75) is 19.0 Å². The molecule has 0 aliphatic rings. The third-order valence-corrected chi connectivity index (χ3v) is 6.22. The van der Waals surface area contributed by atoms with Crippen LogP contribution in [-0.4, -0.2) is 39.0 Å². The minimum atomic E-state index is -0.395. The van der Waals surface area contributed by atoms with E-state index in [1.807, 2.05) is 47.9 Å². The van der Waals surface area contributed by atoms with Crippen molar-refractivity contribution in [2.75, 3.05) is 17.7 Å². The maximum atomic E-state index is 12.6. The molecule has 7 nitrogen and oxygen atoms in total. The largest absolute Gasteiger partial charge is 0.462 e. The summed E-state index contributed by atoms with van der Waals surface area (Å²) in [6.45, 7) is 4.08. The Hall–Kier alpha value is -3.62. The van der Waals surface area contributed by atoms with Crippen molar-refractivity contribution in [3.8, 4) is 17.1 Å². The molecule has 35 heavy (non-hydrogen) atoms. The highest BCUT2D eigenvalue weighted by Crippen LogP contribution is 2.29. The van der Waals surface area contributed by atoms with Crippen LogP contribution in [0.1, 0.15) is 22.8 Å². The molecule has 0 spiro atoms. The number of carbonyl (C=O) groups is 2. The summed E-state index contributed by atoms with van der Waals surface area (Å²) in [5, 5.41) is 12.8. The summed E-state index contributed by atoms with van der Waals surface area (Å²) in [5.41, 5.74) is 3.91. The molecule has 1 heterocycles. The topological polar surface area (TPSA) is 86.1 Å². The van der Waals surface area contributed by atoms with Gasteiger partial charge in [-0.15, -0.1) is 10.2 Å². The molecule has 0 saturated carbocycles. The molecule has 0 fully saturated rings. The van der Waals surface area contributed by atoms with E-state index in [9.17, 15) is 9.59 Å². The Morgan fingerprint density at radius 3 is 2.31 bits per heavy atom. The third-order valence-electron chi connectivity index (χ3n) is 5.04. The second kappa shape index (κ2) is 11.2. The molecule has 3 aromatic carbocycles. The lowest BCUT2D eigenvalue weighted by atomic mass is 10.2. The number of nitrogens with zero attached hydrogens (tertiary/aromatic N) is 3. The van der Waals surface area contributed by atoms with Crippen molar-refractivity contribution in [1.82, 2.24) is 14.8 Å². The molecule has 0 aliphatic carbocycles. The summed E-state index contributed by atoms with van der Waals surface area (Å²) < 4.78 is 6.90.